The van der Waals surface area contributed by atoms with Crippen LogP contribution in [0.15, 0.2) is 4.52 Å². The van der Waals surface area contributed by atoms with Crippen molar-refractivity contribution >= 4 is 11.8 Å². The molecule has 5 nitrogen and oxygen atoms in total. The van der Waals surface area contributed by atoms with E-state index >= 15 is 0 Å². The van der Waals surface area contributed by atoms with Gasteiger partial charge in [0.15, 0.2) is 5.82 Å². The lowest BCUT2D eigenvalue weighted by Crippen LogP contribution is -2.33. The molecular formula is C15H24N4OS. The Morgan fingerprint density at radius 3 is 3.10 bits per heavy atom. The van der Waals surface area contributed by atoms with Crippen molar-refractivity contribution in [2.24, 2.45) is 5.92 Å². The van der Waals surface area contributed by atoms with Crippen LogP contribution in [-0.4, -0.2) is 46.2 Å². The topological polar surface area (TPSA) is 54.2 Å². The molecular weight excluding hydrogens is 284 g/mol. The Labute approximate surface area is 130 Å². The Balaban J connectivity index is 1.47. The predicted molar refractivity (Wildman–Crippen MR) is 83.2 cm³/mol. The zero-order chi connectivity index (χ0) is 14.2. The molecule has 3 heterocycles. The Hall–Kier alpha value is -0.590. The van der Waals surface area contributed by atoms with Crippen LogP contribution < -0.4 is 5.32 Å². The summed E-state index contributed by atoms with van der Waals surface area (Å²) in [7, 11) is 2.16. The maximum absolute atomic E-state index is 5.60. The van der Waals surface area contributed by atoms with E-state index < -0.39 is 0 Å². The first kappa shape index (κ1) is 14.0. The summed E-state index contributed by atoms with van der Waals surface area (Å²) in [6.07, 6.45) is 6.58. The largest absolute Gasteiger partial charge is 0.338 e. The third kappa shape index (κ3) is 2.73. The van der Waals surface area contributed by atoms with Crippen molar-refractivity contribution in [2.75, 3.05) is 25.1 Å². The molecule has 1 aromatic rings. The smallest absolute Gasteiger partial charge is 0.243 e. The lowest BCUT2D eigenvalue weighted by Gasteiger charge is -2.29. The molecule has 2 aliphatic heterocycles. The molecule has 4 rings (SSSR count). The monoisotopic (exact) mass is 308 g/mol. The van der Waals surface area contributed by atoms with Crippen LogP contribution in [0.2, 0.25) is 0 Å². The first-order chi connectivity index (χ1) is 10.3. The maximum atomic E-state index is 5.60. The van der Waals surface area contributed by atoms with E-state index in [1.54, 1.807) is 0 Å². The average molecular weight is 308 g/mol. The highest BCUT2D eigenvalue weighted by atomic mass is 32.2. The third-order valence-electron chi connectivity index (χ3n) is 5.31. The SMILES string of the molecule is CN1CCSCC1c1noc(C2CC3CCCCC3N2)n1. The van der Waals surface area contributed by atoms with Crippen molar-refractivity contribution < 1.29 is 4.52 Å². The van der Waals surface area contributed by atoms with Gasteiger partial charge in [-0.2, -0.15) is 16.7 Å². The van der Waals surface area contributed by atoms with Gasteiger partial charge in [0.25, 0.3) is 0 Å². The summed E-state index contributed by atoms with van der Waals surface area (Å²) in [6.45, 7) is 1.10. The fourth-order valence-corrected chi connectivity index (χ4v) is 5.20. The molecule has 6 heteroatoms. The highest BCUT2D eigenvalue weighted by Crippen LogP contribution is 2.39. The second kappa shape index (κ2) is 5.89. The molecule has 21 heavy (non-hydrogen) atoms. The quantitative estimate of drug-likeness (QED) is 0.905. The Morgan fingerprint density at radius 1 is 1.33 bits per heavy atom. The summed E-state index contributed by atoms with van der Waals surface area (Å²) in [5.41, 5.74) is 0. The van der Waals surface area contributed by atoms with Gasteiger partial charge in [-0.05, 0) is 32.2 Å². The number of fused-ring (bicyclic) bond motifs is 1. The molecule has 1 aliphatic carbocycles. The molecule has 116 valence electrons. The summed E-state index contributed by atoms with van der Waals surface area (Å²) in [5, 5.41) is 7.99. The Kier molecular flexibility index (Phi) is 3.94. The summed E-state index contributed by atoms with van der Waals surface area (Å²) in [4.78, 5) is 7.07. The zero-order valence-electron chi connectivity index (χ0n) is 12.6. The van der Waals surface area contributed by atoms with Crippen LogP contribution in [0.1, 0.15) is 55.9 Å². The van der Waals surface area contributed by atoms with Crippen LogP contribution in [0.25, 0.3) is 0 Å². The van der Waals surface area contributed by atoms with Gasteiger partial charge in [0.05, 0.1) is 12.1 Å². The molecule has 1 saturated carbocycles. The van der Waals surface area contributed by atoms with Crippen LogP contribution in [0.3, 0.4) is 0 Å². The van der Waals surface area contributed by atoms with Crippen molar-refractivity contribution in [3.05, 3.63) is 11.7 Å². The first-order valence-electron chi connectivity index (χ1n) is 8.19. The second-order valence-corrected chi connectivity index (χ2v) is 7.82. The van der Waals surface area contributed by atoms with Gasteiger partial charge in [-0.25, -0.2) is 0 Å². The fraction of sp³-hybridized carbons (Fsp3) is 0.867. The minimum Gasteiger partial charge on any atom is -0.338 e. The molecule has 4 atom stereocenters. The van der Waals surface area contributed by atoms with E-state index in [4.69, 9.17) is 9.51 Å². The van der Waals surface area contributed by atoms with Gasteiger partial charge in [0, 0.05) is 24.1 Å². The fourth-order valence-electron chi connectivity index (χ4n) is 3.99. The summed E-state index contributed by atoms with van der Waals surface area (Å²) in [6, 6.07) is 1.26. The summed E-state index contributed by atoms with van der Waals surface area (Å²) < 4.78 is 5.60. The number of nitrogens with zero attached hydrogens (tertiary/aromatic N) is 3. The van der Waals surface area contributed by atoms with Crippen molar-refractivity contribution in [3.63, 3.8) is 0 Å². The second-order valence-electron chi connectivity index (χ2n) is 6.67. The normalized spacial score (nSPS) is 37.6. The van der Waals surface area contributed by atoms with Crippen LogP contribution >= 0.6 is 11.8 Å². The third-order valence-corrected chi connectivity index (χ3v) is 6.34. The number of hydrogen-bond donors (Lipinski definition) is 1. The van der Waals surface area contributed by atoms with Crippen LogP contribution in [0.4, 0.5) is 0 Å². The minimum absolute atomic E-state index is 0.279. The van der Waals surface area contributed by atoms with E-state index in [1.165, 1.54) is 37.9 Å². The molecule has 0 radical (unpaired) electrons. The van der Waals surface area contributed by atoms with Crippen molar-refractivity contribution in [3.8, 4) is 0 Å². The van der Waals surface area contributed by atoms with Gasteiger partial charge < -0.3 is 9.84 Å². The molecule has 0 aromatic carbocycles. The summed E-state index contributed by atoms with van der Waals surface area (Å²) in [5.74, 6) is 4.76. The number of rotatable bonds is 2. The van der Waals surface area contributed by atoms with Gasteiger partial charge in [0.2, 0.25) is 5.89 Å². The molecule has 3 fully saturated rings. The van der Waals surface area contributed by atoms with Crippen molar-refractivity contribution in [2.45, 2.75) is 50.2 Å². The highest BCUT2D eigenvalue weighted by Gasteiger charge is 2.38. The molecule has 0 amide bonds. The number of nitrogens with one attached hydrogen (secondary N) is 1. The maximum Gasteiger partial charge on any atom is 0.243 e. The lowest BCUT2D eigenvalue weighted by atomic mass is 9.85. The summed E-state index contributed by atoms with van der Waals surface area (Å²) >= 11 is 1.98. The molecule has 3 aliphatic rings. The minimum atomic E-state index is 0.279. The first-order valence-corrected chi connectivity index (χ1v) is 9.34. The lowest BCUT2D eigenvalue weighted by molar-refractivity contribution is 0.255. The van der Waals surface area contributed by atoms with E-state index in [9.17, 15) is 0 Å². The molecule has 1 aromatic heterocycles. The van der Waals surface area contributed by atoms with Crippen LogP contribution in [0.5, 0.6) is 0 Å². The van der Waals surface area contributed by atoms with Crippen LogP contribution in [-0.2, 0) is 0 Å². The molecule has 1 N–H and O–H groups in total. The number of hydrogen-bond acceptors (Lipinski definition) is 6. The Bertz CT molecular complexity index is 480. The van der Waals surface area contributed by atoms with E-state index in [1.807, 2.05) is 11.8 Å². The molecule has 0 bridgehead atoms. The van der Waals surface area contributed by atoms with E-state index in [0.717, 1.165) is 29.9 Å². The zero-order valence-corrected chi connectivity index (χ0v) is 13.4. The molecule has 2 saturated heterocycles. The van der Waals surface area contributed by atoms with Crippen molar-refractivity contribution in [1.29, 1.82) is 0 Å². The number of aromatic nitrogens is 2. The number of thioether (sulfide) groups is 1. The average Bonchev–Trinajstić information content (AvgIpc) is 3.14. The van der Waals surface area contributed by atoms with Gasteiger partial charge in [-0.3, -0.25) is 4.90 Å². The van der Waals surface area contributed by atoms with E-state index in [0.29, 0.717) is 12.1 Å². The Morgan fingerprint density at radius 2 is 2.24 bits per heavy atom. The molecule has 4 unspecified atom stereocenters. The predicted octanol–water partition coefficient (Wildman–Crippen LogP) is 2.38. The standard InChI is InChI=1S/C15H24N4OS/c1-19-6-7-21-9-13(19)14-17-15(20-18-14)12-8-10-4-2-3-5-11(10)16-12/h10-13,16H,2-9H2,1H3. The van der Waals surface area contributed by atoms with Gasteiger partial charge in [-0.1, -0.05) is 18.0 Å². The van der Waals surface area contributed by atoms with Crippen molar-refractivity contribution in [1.82, 2.24) is 20.4 Å². The van der Waals surface area contributed by atoms with E-state index in [-0.39, 0.29) is 6.04 Å². The van der Waals surface area contributed by atoms with Crippen LogP contribution in [0, 0.1) is 5.92 Å². The van der Waals surface area contributed by atoms with E-state index in [2.05, 4.69) is 22.4 Å². The molecule has 0 spiro atoms. The van der Waals surface area contributed by atoms with Gasteiger partial charge in [0.1, 0.15) is 0 Å². The van der Waals surface area contributed by atoms with Gasteiger partial charge >= 0.3 is 0 Å². The highest BCUT2D eigenvalue weighted by molar-refractivity contribution is 7.99. The van der Waals surface area contributed by atoms with Gasteiger partial charge in [-0.15, -0.1) is 0 Å².